The average molecular weight is 335 g/mol. The first kappa shape index (κ1) is 16.8. The van der Waals surface area contributed by atoms with Crippen LogP contribution in [-0.2, 0) is 4.79 Å². The quantitative estimate of drug-likeness (QED) is 0.701. The third kappa shape index (κ3) is 4.26. The van der Waals surface area contributed by atoms with E-state index >= 15 is 0 Å². The molecule has 3 rings (SSSR count). The van der Waals surface area contributed by atoms with Gasteiger partial charge in [-0.15, -0.1) is 0 Å². The highest BCUT2D eigenvalue weighted by Gasteiger charge is 2.20. The number of rotatable bonds is 6. The van der Waals surface area contributed by atoms with E-state index in [2.05, 4.69) is 10.4 Å². The molecule has 0 radical (unpaired) electrons. The van der Waals surface area contributed by atoms with Crippen LogP contribution in [0.25, 0.3) is 6.08 Å². The average Bonchev–Trinajstić information content (AvgIpc) is 3.25. The van der Waals surface area contributed by atoms with Crippen LogP contribution < -0.4 is 5.32 Å². The molecule has 0 saturated heterocycles. The summed E-state index contributed by atoms with van der Waals surface area (Å²) in [5.41, 5.74) is 2.94. The van der Waals surface area contributed by atoms with Gasteiger partial charge in [-0.1, -0.05) is 30.3 Å². The first-order valence-corrected chi connectivity index (χ1v) is 8.20. The summed E-state index contributed by atoms with van der Waals surface area (Å²) in [6.45, 7) is 4.34. The fraction of sp³-hybridized carbons (Fsp3) is 0.200. The van der Waals surface area contributed by atoms with Crippen LogP contribution in [0.1, 0.15) is 28.8 Å². The summed E-state index contributed by atoms with van der Waals surface area (Å²) in [5.74, 6) is 0.612. The molecule has 128 valence electrons. The second-order valence-corrected chi connectivity index (χ2v) is 5.89. The number of carbonyl (C=O) groups is 1. The minimum absolute atomic E-state index is 0.151. The summed E-state index contributed by atoms with van der Waals surface area (Å²) in [6.07, 6.45) is 4.96. The lowest BCUT2D eigenvalue weighted by molar-refractivity contribution is -0.116. The zero-order chi connectivity index (χ0) is 17.6. The minimum Gasteiger partial charge on any atom is -0.467 e. The van der Waals surface area contributed by atoms with Crippen molar-refractivity contribution in [2.45, 2.75) is 19.9 Å². The molecule has 0 unspecified atom stereocenters. The van der Waals surface area contributed by atoms with Gasteiger partial charge in [0.2, 0.25) is 5.91 Å². The Balaban J connectivity index is 1.70. The Hall–Kier alpha value is -3.08. The number of carbonyl (C=O) groups excluding carboxylic acids is 1. The number of furan rings is 1. The first-order chi connectivity index (χ1) is 12.1. The van der Waals surface area contributed by atoms with Crippen molar-refractivity contribution in [1.29, 1.82) is 0 Å². The van der Waals surface area contributed by atoms with Crippen molar-refractivity contribution >= 4 is 12.0 Å². The van der Waals surface area contributed by atoms with E-state index in [1.54, 1.807) is 12.3 Å². The van der Waals surface area contributed by atoms with Crippen molar-refractivity contribution in [2.75, 3.05) is 6.54 Å². The van der Waals surface area contributed by atoms with Crippen molar-refractivity contribution in [3.8, 4) is 0 Å². The molecule has 0 spiro atoms. The number of nitrogens with zero attached hydrogens (tertiary/aromatic N) is 2. The molecule has 5 heteroatoms. The highest BCUT2D eigenvalue weighted by atomic mass is 16.3. The lowest BCUT2D eigenvalue weighted by atomic mass is 10.2. The summed E-state index contributed by atoms with van der Waals surface area (Å²) < 4.78 is 7.43. The predicted octanol–water partition coefficient (Wildman–Crippen LogP) is 3.51. The van der Waals surface area contributed by atoms with E-state index in [4.69, 9.17) is 4.42 Å². The standard InChI is InChI=1S/C20H21N3O2/c1-15-13-16(2)23(22-15)18(19-9-6-12-25-19)14-21-20(24)11-10-17-7-4-3-5-8-17/h3-13,18H,14H2,1-2H3,(H,21,24)/b11-10+/t18-/m1/s1. The summed E-state index contributed by atoms with van der Waals surface area (Å²) in [5, 5.41) is 7.46. The Morgan fingerprint density at radius 3 is 2.68 bits per heavy atom. The maximum Gasteiger partial charge on any atom is 0.244 e. The van der Waals surface area contributed by atoms with E-state index in [9.17, 15) is 4.79 Å². The van der Waals surface area contributed by atoms with E-state index in [-0.39, 0.29) is 11.9 Å². The smallest absolute Gasteiger partial charge is 0.244 e. The maximum absolute atomic E-state index is 12.2. The van der Waals surface area contributed by atoms with Crippen molar-refractivity contribution in [3.63, 3.8) is 0 Å². The third-order valence-corrected chi connectivity index (χ3v) is 3.91. The molecule has 0 bridgehead atoms. The van der Waals surface area contributed by atoms with E-state index in [1.807, 2.05) is 67.1 Å². The zero-order valence-electron chi connectivity index (χ0n) is 14.3. The molecule has 25 heavy (non-hydrogen) atoms. The van der Waals surface area contributed by atoms with Gasteiger partial charge in [0.1, 0.15) is 11.8 Å². The van der Waals surface area contributed by atoms with Gasteiger partial charge in [0, 0.05) is 18.3 Å². The van der Waals surface area contributed by atoms with Crippen molar-refractivity contribution in [1.82, 2.24) is 15.1 Å². The number of hydrogen-bond acceptors (Lipinski definition) is 3. The van der Waals surface area contributed by atoms with E-state index in [0.29, 0.717) is 6.54 Å². The second kappa shape index (κ2) is 7.66. The van der Waals surface area contributed by atoms with Gasteiger partial charge in [0.15, 0.2) is 0 Å². The number of amides is 1. The fourth-order valence-corrected chi connectivity index (χ4v) is 2.74. The Morgan fingerprint density at radius 2 is 2.04 bits per heavy atom. The molecule has 1 aromatic carbocycles. The Labute approximate surface area is 147 Å². The Morgan fingerprint density at radius 1 is 1.24 bits per heavy atom. The van der Waals surface area contributed by atoms with Crippen LogP contribution in [0.3, 0.4) is 0 Å². The summed E-state index contributed by atoms with van der Waals surface area (Å²) in [7, 11) is 0. The maximum atomic E-state index is 12.2. The summed E-state index contributed by atoms with van der Waals surface area (Å²) in [4.78, 5) is 12.2. The van der Waals surface area contributed by atoms with Gasteiger partial charge in [0.05, 0.1) is 12.0 Å². The Bertz CT molecular complexity index is 848. The molecule has 2 aromatic heterocycles. The monoisotopic (exact) mass is 335 g/mol. The van der Waals surface area contributed by atoms with Crippen molar-refractivity contribution in [2.24, 2.45) is 0 Å². The van der Waals surface area contributed by atoms with Crippen LogP contribution in [-0.4, -0.2) is 22.2 Å². The lowest BCUT2D eigenvalue weighted by Gasteiger charge is -2.17. The van der Waals surface area contributed by atoms with E-state index in [0.717, 1.165) is 22.7 Å². The number of aromatic nitrogens is 2. The van der Waals surface area contributed by atoms with Gasteiger partial charge < -0.3 is 9.73 Å². The predicted molar refractivity (Wildman–Crippen MR) is 97.0 cm³/mol. The molecule has 1 N–H and O–H groups in total. The molecule has 0 aliphatic carbocycles. The SMILES string of the molecule is Cc1cc(C)n([C@H](CNC(=O)/C=C/c2ccccc2)c2ccco2)n1. The molecule has 5 nitrogen and oxygen atoms in total. The molecule has 2 heterocycles. The molecule has 1 amide bonds. The second-order valence-electron chi connectivity index (χ2n) is 5.89. The van der Waals surface area contributed by atoms with E-state index < -0.39 is 0 Å². The van der Waals surface area contributed by atoms with E-state index in [1.165, 1.54) is 6.08 Å². The number of nitrogens with one attached hydrogen (secondary N) is 1. The van der Waals surface area contributed by atoms with Crippen molar-refractivity contribution in [3.05, 3.63) is 83.6 Å². The normalized spacial score (nSPS) is 12.4. The highest BCUT2D eigenvalue weighted by molar-refractivity contribution is 5.91. The minimum atomic E-state index is -0.183. The molecule has 0 fully saturated rings. The van der Waals surface area contributed by atoms with Gasteiger partial charge in [-0.05, 0) is 43.7 Å². The fourth-order valence-electron chi connectivity index (χ4n) is 2.74. The van der Waals surface area contributed by atoms with Crippen LogP contribution in [0, 0.1) is 13.8 Å². The van der Waals surface area contributed by atoms with Crippen LogP contribution in [0.15, 0.2) is 65.3 Å². The molecule has 0 aliphatic rings. The zero-order valence-corrected chi connectivity index (χ0v) is 14.3. The molecular formula is C20H21N3O2. The van der Waals surface area contributed by atoms with Crippen LogP contribution in [0.5, 0.6) is 0 Å². The van der Waals surface area contributed by atoms with Crippen LogP contribution in [0.4, 0.5) is 0 Å². The molecule has 3 aromatic rings. The van der Waals surface area contributed by atoms with Gasteiger partial charge in [-0.25, -0.2) is 0 Å². The van der Waals surface area contributed by atoms with Gasteiger partial charge >= 0.3 is 0 Å². The first-order valence-electron chi connectivity index (χ1n) is 8.20. The third-order valence-electron chi connectivity index (χ3n) is 3.91. The molecule has 0 aliphatic heterocycles. The van der Waals surface area contributed by atoms with Gasteiger partial charge in [0.25, 0.3) is 0 Å². The lowest BCUT2D eigenvalue weighted by Crippen LogP contribution is -2.31. The van der Waals surface area contributed by atoms with Gasteiger partial charge in [-0.2, -0.15) is 5.10 Å². The largest absolute Gasteiger partial charge is 0.467 e. The molecular weight excluding hydrogens is 314 g/mol. The van der Waals surface area contributed by atoms with Gasteiger partial charge in [-0.3, -0.25) is 9.48 Å². The molecule has 0 saturated carbocycles. The van der Waals surface area contributed by atoms with Crippen LogP contribution in [0.2, 0.25) is 0 Å². The Kier molecular flexibility index (Phi) is 5.14. The number of benzene rings is 1. The van der Waals surface area contributed by atoms with Crippen molar-refractivity contribution < 1.29 is 9.21 Å². The number of hydrogen-bond donors (Lipinski definition) is 1. The summed E-state index contributed by atoms with van der Waals surface area (Å²) >= 11 is 0. The van der Waals surface area contributed by atoms with Crippen LogP contribution >= 0.6 is 0 Å². The molecule has 1 atom stereocenters. The number of aryl methyl sites for hydroxylation is 2. The topological polar surface area (TPSA) is 60.1 Å². The highest BCUT2D eigenvalue weighted by Crippen LogP contribution is 2.20. The summed E-state index contributed by atoms with van der Waals surface area (Å²) in [6, 6.07) is 15.3.